The summed E-state index contributed by atoms with van der Waals surface area (Å²) in [6.45, 7) is 4.58. The average molecular weight is 488 g/mol. The normalized spacial score (nSPS) is 20.3. The lowest BCUT2D eigenvalue weighted by molar-refractivity contribution is -0.116. The minimum absolute atomic E-state index is 0.00675. The molecule has 35 heavy (non-hydrogen) atoms. The van der Waals surface area contributed by atoms with Crippen LogP contribution in [0.2, 0.25) is 0 Å². The predicted octanol–water partition coefficient (Wildman–Crippen LogP) is 5.62. The van der Waals surface area contributed by atoms with Gasteiger partial charge in [-0.1, -0.05) is 31.0 Å². The molecule has 0 radical (unpaired) electrons. The van der Waals surface area contributed by atoms with Gasteiger partial charge >= 0.3 is 0 Å². The third-order valence-corrected chi connectivity index (χ3v) is 7.63. The number of aryl methyl sites for hydroxylation is 2. The second-order valence-corrected chi connectivity index (χ2v) is 10.1. The zero-order valence-electron chi connectivity index (χ0n) is 20.4. The number of aromatic nitrogens is 2. The summed E-state index contributed by atoms with van der Waals surface area (Å²) in [6, 6.07) is 16.9. The molecule has 1 aromatic carbocycles. The van der Waals surface area contributed by atoms with Gasteiger partial charge in [-0.3, -0.25) is 9.78 Å². The molecule has 182 valence electrons. The molecule has 1 aliphatic heterocycles. The standard InChI is InChI=1S/C28H33N5OS/c1-19-12-13-20(2)23(18-19)30-25(34)14-17-33-27(24-11-7-16-32(24)21-8-3-4-9-21)26(31-28(33)35)22-10-5-6-15-29-22/h5-7,10-13,15-16,18,21,26-27H,3-4,8-9,14,17H2,1-2H3,(H,30,34)(H,31,35)/t26-,27+/m1/s1. The summed E-state index contributed by atoms with van der Waals surface area (Å²) in [5.74, 6) is -0.00675. The first-order valence-electron chi connectivity index (χ1n) is 12.5. The average Bonchev–Trinajstić information content (AvgIpc) is 3.60. The third-order valence-electron chi connectivity index (χ3n) is 7.28. The van der Waals surface area contributed by atoms with Crippen LogP contribution in [0.4, 0.5) is 5.69 Å². The van der Waals surface area contributed by atoms with Gasteiger partial charge in [-0.2, -0.15) is 0 Å². The highest BCUT2D eigenvalue weighted by molar-refractivity contribution is 7.80. The molecule has 2 aromatic heterocycles. The van der Waals surface area contributed by atoms with Crippen LogP contribution >= 0.6 is 12.2 Å². The quantitative estimate of drug-likeness (QED) is 0.424. The number of carbonyl (C=O) groups excluding carboxylic acids is 1. The number of thiocarbonyl (C=S) groups is 1. The molecule has 7 heteroatoms. The van der Waals surface area contributed by atoms with Gasteiger partial charge in [0.1, 0.15) is 0 Å². The van der Waals surface area contributed by atoms with Gasteiger partial charge in [0.25, 0.3) is 0 Å². The molecule has 1 aliphatic carbocycles. The Labute approximate surface area is 212 Å². The van der Waals surface area contributed by atoms with E-state index in [2.05, 4.69) is 49.5 Å². The van der Waals surface area contributed by atoms with Crippen molar-refractivity contribution in [2.45, 2.75) is 64.1 Å². The van der Waals surface area contributed by atoms with Gasteiger partial charge in [0, 0.05) is 42.8 Å². The topological polar surface area (TPSA) is 62.2 Å². The lowest BCUT2D eigenvalue weighted by Crippen LogP contribution is -2.33. The Morgan fingerprint density at radius 3 is 2.74 bits per heavy atom. The summed E-state index contributed by atoms with van der Waals surface area (Å²) < 4.78 is 2.44. The van der Waals surface area contributed by atoms with Crippen molar-refractivity contribution in [2.75, 3.05) is 11.9 Å². The Balaban J connectivity index is 1.39. The minimum atomic E-state index is -0.0687. The Hall–Kier alpha value is -3.19. The zero-order chi connectivity index (χ0) is 24.4. The Kier molecular flexibility index (Phi) is 6.86. The highest BCUT2D eigenvalue weighted by Gasteiger charge is 2.41. The van der Waals surface area contributed by atoms with Crippen LogP contribution in [0, 0.1) is 13.8 Å². The van der Waals surface area contributed by atoms with Gasteiger partial charge in [-0.15, -0.1) is 0 Å². The van der Waals surface area contributed by atoms with Crippen LogP contribution in [-0.4, -0.2) is 32.0 Å². The van der Waals surface area contributed by atoms with E-state index in [0.29, 0.717) is 24.1 Å². The van der Waals surface area contributed by atoms with Crippen molar-refractivity contribution in [1.82, 2.24) is 19.8 Å². The van der Waals surface area contributed by atoms with Crippen LogP contribution < -0.4 is 10.6 Å². The van der Waals surface area contributed by atoms with Crippen LogP contribution in [0.3, 0.4) is 0 Å². The van der Waals surface area contributed by atoms with Crippen LogP contribution in [0.25, 0.3) is 0 Å². The summed E-state index contributed by atoms with van der Waals surface area (Å²) in [5.41, 5.74) is 5.25. The summed E-state index contributed by atoms with van der Waals surface area (Å²) in [7, 11) is 0. The molecule has 0 unspecified atom stereocenters. The molecule has 2 N–H and O–H groups in total. The summed E-state index contributed by atoms with van der Waals surface area (Å²) >= 11 is 5.81. The second-order valence-electron chi connectivity index (χ2n) is 9.72. The maximum atomic E-state index is 12.9. The number of benzene rings is 1. The van der Waals surface area contributed by atoms with Crippen molar-refractivity contribution >= 4 is 28.9 Å². The maximum Gasteiger partial charge on any atom is 0.226 e. The smallest absolute Gasteiger partial charge is 0.226 e. The number of pyridine rings is 1. The number of hydrogen-bond donors (Lipinski definition) is 2. The van der Waals surface area contributed by atoms with Crippen molar-refractivity contribution in [1.29, 1.82) is 0 Å². The third kappa shape index (κ3) is 4.96. The molecule has 0 bridgehead atoms. The molecule has 2 fully saturated rings. The first kappa shape index (κ1) is 23.5. The Morgan fingerprint density at radius 2 is 1.97 bits per heavy atom. The molecule has 6 nitrogen and oxygen atoms in total. The molecule has 1 saturated carbocycles. The first-order chi connectivity index (χ1) is 17.0. The number of hydrogen-bond acceptors (Lipinski definition) is 3. The van der Waals surface area contributed by atoms with Crippen LogP contribution in [-0.2, 0) is 4.79 Å². The van der Waals surface area contributed by atoms with E-state index in [1.165, 1.54) is 31.4 Å². The molecule has 5 rings (SSSR count). The van der Waals surface area contributed by atoms with Crippen LogP contribution in [0.1, 0.15) is 72.7 Å². The maximum absolute atomic E-state index is 12.9. The van der Waals surface area contributed by atoms with Crippen molar-refractivity contribution in [3.8, 4) is 0 Å². The molecule has 1 saturated heterocycles. The SMILES string of the molecule is Cc1ccc(C)c(NC(=O)CCN2C(=S)N[C@H](c3ccccn3)[C@@H]2c2cccn2C2CCCC2)c1. The summed E-state index contributed by atoms with van der Waals surface area (Å²) in [6.07, 6.45) is 9.34. The second kappa shape index (κ2) is 10.2. The zero-order valence-corrected chi connectivity index (χ0v) is 21.2. The fourth-order valence-electron chi connectivity index (χ4n) is 5.45. The molecule has 2 atom stereocenters. The number of amides is 1. The minimum Gasteiger partial charge on any atom is -0.352 e. The largest absolute Gasteiger partial charge is 0.352 e. The number of nitrogens with one attached hydrogen (secondary N) is 2. The molecule has 0 spiro atoms. The van der Waals surface area contributed by atoms with E-state index < -0.39 is 0 Å². The van der Waals surface area contributed by atoms with Gasteiger partial charge in [0.2, 0.25) is 5.91 Å². The number of nitrogens with zero attached hydrogens (tertiary/aromatic N) is 3. The van der Waals surface area contributed by atoms with E-state index in [9.17, 15) is 4.79 Å². The lowest BCUT2D eigenvalue weighted by Gasteiger charge is -2.30. The fourth-order valence-corrected chi connectivity index (χ4v) is 5.78. The van der Waals surface area contributed by atoms with E-state index >= 15 is 0 Å². The molecular formula is C28H33N5OS. The lowest BCUT2D eigenvalue weighted by atomic mass is 10.0. The molecular weight excluding hydrogens is 454 g/mol. The van der Waals surface area contributed by atoms with E-state index in [1.54, 1.807) is 0 Å². The van der Waals surface area contributed by atoms with Crippen molar-refractivity contribution in [3.05, 3.63) is 83.4 Å². The summed E-state index contributed by atoms with van der Waals surface area (Å²) in [5, 5.41) is 7.28. The highest BCUT2D eigenvalue weighted by Crippen LogP contribution is 2.41. The van der Waals surface area contributed by atoms with E-state index in [4.69, 9.17) is 12.2 Å². The van der Waals surface area contributed by atoms with Gasteiger partial charge in [-0.05, 0) is 80.4 Å². The van der Waals surface area contributed by atoms with Crippen LogP contribution in [0.5, 0.6) is 0 Å². The van der Waals surface area contributed by atoms with Gasteiger partial charge in [0.05, 0.1) is 17.8 Å². The number of anilines is 1. The molecule has 1 amide bonds. The van der Waals surface area contributed by atoms with Crippen molar-refractivity contribution < 1.29 is 4.79 Å². The van der Waals surface area contributed by atoms with Gasteiger partial charge < -0.3 is 20.1 Å². The Morgan fingerprint density at radius 1 is 1.14 bits per heavy atom. The highest BCUT2D eigenvalue weighted by atomic mass is 32.1. The monoisotopic (exact) mass is 487 g/mol. The van der Waals surface area contributed by atoms with Crippen molar-refractivity contribution in [2.24, 2.45) is 0 Å². The summed E-state index contributed by atoms with van der Waals surface area (Å²) in [4.78, 5) is 19.8. The van der Waals surface area contributed by atoms with Crippen LogP contribution in [0.15, 0.2) is 60.9 Å². The fraction of sp³-hybridized carbons (Fsp3) is 0.393. The number of carbonyl (C=O) groups is 1. The van der Waals surface area contributed by atoms with E-state index in [1.807, 2.05) is 50.4 Å². The van der Waals surface area contributed by atoms with Crippen molar-refractivity contribution in [3.63, 3.8) is 0 Å². The molecule has 3 aromatic rings. The molecule has 2 aliphatic rings. The number of rotatable bonds is 7. The Bertz CT molecular complexity index is 1200. The van der Waals surface area contributed by atoms with E-state index in [-0.39, 0.29) is 18.0 Å². The first-order valence-corrected chi connectivity index (χ1v) is 12.9. The van der Waals surface area contributed by atoms with Gasteiger partial charge in [-0.25, -0.2) is 0 Å². The van der Waals surface area contributed by atoms with Gasteiger partial charge in [0.15, 0.2) is 5.11 Å². The van der Waals surface area contributed by atoms with E-state index in [0.717, 1.165) is 22.5 Å². The molecule has 3 heterocycles. The predicted molar refractivity (Wildman–Crippen MR) is 143 cm³/mol.